The van der Waals surface area contributed by atoms with E-state index in [2.05, 4.69) is 21.9 Å². The summed E-state index contributed by atoms with van der Waals surface area (Å²) in [5.41, 5.74) is 1.43. The Morgan fingerprint density at radius 1 is 1.35 bits per heavy atom. The molecule has 0 aliphatic carbocycles. The lowest BCUT2D eigenvalue weighted by Gasteiger charge is -2.35. The van der Waals surface area contributed by atoms with E-state index in [9.17, 15) is 4.79 Å². The van der Waals surface area contributed by atoms with Crippen molar-refractivity contribution in [3.63, 3.8) is 0 Å². The molecule has 1 aromatic carbocycles. The molecule has 20 heavy (non-hydrogen) atoms. The maximum atomic E-state index is 11.4. The molecule has 0 bridgehead atoms. The summed E-state index contributed by atoms with van der Waals surface area (Å²) in [4.78, 5) is 13.6. The average molecular weight is 292 g/mol. The number of nitrogens with zero attached hydrogens (tertiary/aromatic N) is 1. The van der Waals surface area contributed by atoms with Crippen LogP contribution in [0.5, 0.6) is 0 Å². The highest BCUT2D eigenvalue weighted by Gasteiger charge is 2.20. The van der Waals surface area contributed by atoms with Gasteiger partial charge in [-0.25, -0.2) is 4.79 Å². The van der Waals surface area contributed by atoms with Gasteiger partial charge in [-0.1, -0.05) is 0 Å². The number of anilines is 1. The molecule has 108 valence electrons. The Morgan fingerprint density at radius 2 is 2.05 bits per heavy atom. The number of hydrogen-bond donors (Lipinski definition) is 1. The molecule has 0 spiro atoms. The first-order chi connectivity index (χ1) is 9.61. The number of rotatable bonds is 2. The summed E-state index contributed by atoms with van der Waals surface area (Å²) in [6, 6.07) is 7.63. The van der Waals surface area contributed by atoms with E-state index in [1.165, 1.54) is 26.4 Å². The monoisotopic (exact) mass is 292 g/mol. The Balaban J connectivity index is 1.99. The molecule has 1 aromatic rings. The van der Waals surface area contributed by atoms with Crippen molar-refractivity contribution < 1.29 is 9.53 Å². The van der Waals surface area contributed by atoms with E-state index in [1.54, 1.807) is 12.1 Å². The second-order valence-electron chi connectivity index (χ2n) is 5.04. The lowest BCUT2D eigenvalue weighted by molar-refractivity contribution is 0.0601. The van der Waals surface area contributed by atoms with Crippen molar-refractivity contribution in [1.29, 1.82) is 0 Å². The van der Waals surface area contributed by atoms with E-state index in [1.807, 2.05) is 12.1 Å². The third kappa shape index (κ3) is 3.48. The van der Waals surface area contributed by atoms with E-state index >= 15 is 0 Å². The van der Waals surface area contributed by atoms with Crippen LogP contribution in [0, 0.1) is 0 Å². The molecular weight excluding hydrogens is 272 g/mol. The van der Waals surface area contributed by atoms with Gasteiger partial charge in [0.2, 0.25) is 0 Å². The molecule has 0 aromatic heterocycles. The van der Waals surface area contributed by atoms with Gasteiger partial charge >= 0.3 is 5.97 Å². The fourth-order valence-corrected chi connectivity index (χ4v) is 2.79. The number of methoxy groups -OCH3 is 1. The number of piperidine rings is 1. The van der Waals surface area contributed by atoms with Crippen LogP contribution in [0.15, 0.2) is 24.3 Å². The van der Waals surface area contributed by atoms with Crippen LogP contribution < -0.4 is 5.32 Å². The molecule has 0 radical (unpaired) electrons. The highest BCUT2D eigenvalue weighted by atomic mass is 32.1. The lowest BCUT2D eigenvalue weighted by atomic mass is 10.0. The summed E-state index contributed by atoms with van der Waals surface area (Å²) in [5.74, 6) is -0.330. The Kier molecular flexibility index (Phi) is 4.95. The normalized spacial score (nSPS) is 18.5. The van der Waals surface area contributed by atoms with E-state index in [0.29, 0.717) is 11.6 Å². The third-order valence-corrected chi connectivity index (χ3v) is 3.96. The number of nitrogens with one attached hydrogen (secondary N) is 1. The minimum atomic E-state index is -0.330. The van der Waals surface area contributed by atoms with Gasteiger partial charge in [0.1, 0.15) is 0 Å². The molecule has 1 N–H and O–H groups in total. The smallest absolute Gasteiger partial charge is 0.337 e. The number of hydrogen-bond acceptors (Lipinski definition) is 3. The first-order valence-electron chi connectivity index (χ1n) is 6.88. The highest BCUT2D eigenvalue weighted by molar-refractivity contribution is 7.80. The molecule has 1 aliphatic heterocycles. The highest BCUT2D eigenvalue weighted by Crippen LogP contribution is 2.18. The fraction of sp³-hybridized carbons (Fsp3) is 0.467. The predicted octanol–water partition coefficient (Wildman–Crippen LogP) is 3.04. The van der Waals surface area contributed by atoms with Gasteiger partial charge < -0.3 is 15.0 Å². The number of likely N-dealkylation sites (tertiary alicyclic amines) is 1. The summed E-state index contributed by atoms with van der Waals surface area (Å²) in [6.45, 7) is 3.21. The van der Waals surface area contributed by atoms with Crippen molar-refractivity contribution in [2.24, 2.45) is 0 Å². The van der Waals surface area contributed by atoms with E-state index in [0.717, 1.165) is 17.3 Å². The Bertz CT molecular complexity index is 487. The SMILES string of the molecule is COC(=O)c1ccc(NC(=S)N2CCCCC2C)cc1. The van der Waals surface area contributed by atoms with Gasteiger partial charge in [-0.05, 0) is 62.7 Å². The van der Waals surface area contributed by atoms with Crippen molar-refractivity contribution in [2.75, 3.05) is 19.0 Å². The second-order valence-corrected chi connectivity index (χ2v) is 5.42. The molecule has 5 heteroatoms. The lowest BCUT2D eigenvalue weighted by Crippen LogP contribution is -2.44. The van der Waals surface area contributed by atoms with Crippen molar-refractivity contribution in [3.8, 4) is 0 Å². The van der Waals surface area contributed by atoms with Gasteiger partial charge in [0, 0.05) is 18.3 Å². The van der Waals surface area contributed by atoms with Gasteiger partial charge in [-0.2, -0.15) is 0 Å². The summed E-state index contributed by atoms with van der Waals surface area (Å²) in [6.07, 6.45) is 3.64. The molecule has 2 rings (SSSR count). The number of esters is 1. The molecule has 1 unspecified atom stereocenters. The van der Waals surface area contributed by atoms with Crippen molar-refractivity contribution in [3.05, 3.63) is 29.8 Å². The van der Waals surface area contributed by atoms with Crippen LogP contribution in [0.4, 0.5) is 5.69 Å². The van der Waals surface area contributed by atoms with Crippen molar-refractivity contribution in [2.45, 2.75) is 32.2 Å². The topological polar surface area (TPSA) is 41.6 Å². The molecule has 1 atom stereocenters. The Labute approximate surface area is 125 Å². The Hall–Kier alpha value is -1.62. The van der Waals surface area contributed by atoms with E-state index in [-0.39, 0.29) is 5.97 Å². The summed E-state index contributed by atoms with van der Waals surface area (Å²) in [5, 5.41) is 3.98. The standard InChI is InChI=1S/C15H20N2O2S/c1-11-5-3-4-10-17(11)15(20)16-13-8-6-12(7-9-13)14(18)19-2/h6-9,11H,3-5,10H2,1-2H3,(H,16,20). The average Bonchev–Trinajstić information content (AvgIpc) is 2.47. The number of carbonyl (C=O) groups is 1. The quantitative estimate of drug-likeness (QED) is 0.670. The minimum Gasteiger partial charge on any atom is -0.465 e. The van der Waals surface area contributed by atoms with Crippen LogP contribution in [0.25, 0.3) is 0 Å². The molecule has 1 heterocycles. The zero-order valence-corrected chi connectivity index (χ0v) is 12.7. The first kappa shape index (κ1) is 14.8. The fourth-order valence-electron chi connectivity index (χ4n) is 2.40. The van der Waals surface area contributed by atoms with Gasteiger partial charge in [0.05, 0.1) is 12.7 Å². The molecule has 1 fully saturated rings. The summed E-state index contributed by atoms with van der Waals surface area (Å²) >= 11 is 5.46. The van der Waals surface area contributed by atoms with Crippen LogP contribution in [-0.4, -0.2) is 35.7 Å². The number of carbonyl (C=O) groups excluding carboxylic acids is 1. The van der Waals surface area contributed by atoms with Gasteiger partial charge in [-0.3, -0.25) is 0 Å². The predicted molar refractivity (Wildman–Crippen MR) is 84.0 cm³/mol. The van der Waals surface area contributed by atoms with Gasteiger partial charge in [0.15, 0.2) is 5.11 Å². The first-order valence-corrected chi connectivity index (χ1v) is 7.28. The van der Waals surface area contributed by atoms with Crippen LogP contribution in [0.3, 0.4) is 0 Å². The van der Waals surface area contributed by atoms with Gasteiger partial charge in [-0.15, -0.1) is 0 Å². The minimum absolute atomic E-state index is 0.330. The molecule has 4 nitrogen and oxygen atoms in total. The van der Waals surface area contributed by atoms with E-state index < -0.39 is 0 Å². The summed E-state index contributed by atoms with van der Waals surface area (Å²) in [7, 11) is 1.38. The summed E-state index contributed by atoms with van der Waals surface area (Å²) < 4.78 is 4.67. The molecule has 0 saturated carbocycles. The van der Waals surface area contributed by atoms with Crippen LogP contribution in [-0.2, 0) is 4.74 Å². The molecular formula is C15H20N2O2S. The molecule has 0 amide bonds. The second kappa shape index (κ2) is 6.70. The zero-order chi connectivity index (χ0) is 14.5. The van der Waals surface area contributed by atoms with Crippen molar-refractivity contribution in [1.82, 2.24) is 4.90 Å². The van der Waals surface area contributed by atoms with Crippen LogP contribution in [0.1, 0.15) is 36.5 Å². The van der Waals surface area contributed by atoms with Crippen molar-refractivity contribution >= 4 is 29.0 Å². The largest absolute Gasteiger partial charge is 0.465 e. The Morgan fingerprint density at radius 3 is 2.65 bits per heavy atom. The number of benzene rings is 1. The number of thiocarbonyl (C=S) groups is 1. The van der Waals surface area contributed by atoms with Crippen LogP contribution >= 0.6 is 12.2 Å². The van der Waals surface area contributed by atoms with Crippen LogP contribution in [0.2, 0.25) is 0 Å². The number of ether oxygens (including phenoxy) is 1. The molecule has 1 aliphatic rings. The zero-order valence-electron chi connectivity index (χ0n) is 11.9. The maximum Gasteiger partial charge on any atom is 0.337 e. The maximum absolute atomic E-state index is 11.4. The van der Waals surface area contributed by atoms with Gasteiger partial charge in [0.25, 0.3) is 0 Å². The third-order valence-electron chi connectivity index (χ3n) is 3.62. The molecule has 1 saturated heterocycles. The van der Waals surface area contributed by atoms with E-state index in [4.69, 9.17) is 12.2 Å².